The lowest BCUT2D eigenvalue weighted by Crippen LogP contribution is -2.10. The van der Waals surface area contributed by atoms with Gasteiger partial charge in [0.2, 0.25) is 17.0 Å². The van der Waals surface area contributed by atoms with Crippen LogP contribution >= 0.6 is 15.9 Å². The van der Waals surface area contributed by atoms with E-state index < -0.39 is 46.7 Å². The van der Waals surface area contributed by atoms with Gasteiger partial charge in [0.05, 0.1) is 15.4 Å². The second kappa shape index (κ2) is 8.62. The van der Waals surface area contributed by atoms with Crippen LogP contribution < -0.4 is 14.9 Å². The fourth-order valence-electron chi connectivity index (χ4n) is 2.83. The molecular weight excluding hydrogens is 503 g/mol. The number of rotatable bonds is 5. The van der Waals surface area contributed by atoms with E-state index in [-0.39, 0.29) is 22.5 Å². The predicted molar refractivity (Wildman–Crippen MR) is 107 cm³/mol. The molecule has 0 atom stereocenters. The van der Waals surface area contributed by atoms with E-state index in [2.05, 4.69) is 15.9 Å². The topological polar surface area (TPSA) is 48.7 Å². The molecule has 32 heavy (non-hydrogen) atoms. The van der Waals surface area contributed by atoms with Gasteiger partial charge in [0.25, 0.3) is 0 Å². The highest BCUT2D eigenvalue weighted by molar-refractivity contribution is 9.10. The summed E-state index contributed by atoms with van der Waals surface area (Å²) in [4.78, 5) is 12.7. The van der Waals surface area contributed by atoms with E-state index in [1.807, 2.05) is 0 Å². The summed E-state index contributed by atoms with van der Waals surface area (Å²) >= 11 is 3.30. The number of halogens is 6. The first-order chi connectivity index (χ1) is 15.3. The molecule has 0 saturated heterocycles. The third kappa shape index (κ3) is 3.93. The molecule has 4 nitrogen and oxygen atoms in total. The van der Waals surface area contributed by atoms with Gasteiger partial charge in [-0.3, -0.25) is 4.79 Å². The lowest BCUT2D eigenvalue weighted by Gasteiger charge is -2.11. The van der Waals surface area contributed by atoms with E-state index in [0.29, 0.717) is 10.2 Å². The second-order valence-corrected chi connectivity index (χ2v) is 7.31. The van der Waals surface area contributed by atoms with Crippen molar-refractivity contribution < 1.29 is 35.8 Å². The minimum Gasteiger partial charge on any atom is -0.489 e. The van der Waals surface area contributed by atoms with Crippen molar-refractivity contribution in [2.45, 2.75) is 6.61 Å². The van der Waals surface area contributed by atoms with E-state index >= 15 is 0 Å². The van der Waals surface area contributed by atoms with Crippen molar-refractivity contribution in [2.24, 2.45) is 0 Å². The second-order valence-electron chi connectivity index (χ2n) is 6.46. The minimum absolute atomic E-state index is 0.0240. The standard InChI is InChI=1S/C22H10BrF5O4/c23-13-3-1-2-4-14(13)32-16-9-31-15-7-10(5-6-11(15)22(16)29)30-8-12-17(24)19(26)21(28)20(27)18(12)25/h1-7,9H,8H2. The van der Waals surface area contributed by atoms with Crippen molar-refractivity contribution >= 4 is 26.9 Å². The Labute approximate surface area is 184 Å². The van der Waals surface area contributed by atoms with E-state index in [4.69, 9.17) is 13.9 Å². The molecule has 1 aromatic heterocycles. The van der Waals surface area contributed by atoms with Gasteiger partial charge in [-0.05, 0) is 40.2 Å². The maximum atomic E-state index is 13.8. The molecule has 10 heteroatoms. The van der Waals surface area contributed by atoms with Crippen molar-refractivity contribution in [2.75, 3.05) is 0 Å². The van der Waals surface area contributed by atoms with Crippen molar-refractivity contribution in [1.82, 2.24) is 0 Å². The quantitative estimate of drug-likeness (QED) is 0.171. The Morgan fingerprint density at radius 2 is 1.50 bits per heavy atom. The largest absolute Gasteiger partial charge is 0.489 e. The number of hydrogen-bond acceptors (Lipinski definition) is 4. The van der Waals surface area contributed by atoms with Gasteiger partial charge in [-0.15, -0.1) is 0 Å². The van der Waals surface area contributed by atoms with Crippen LogP contribution in [0.1, 0.15) is 5.56 Å². The number of fused-ring (bicyclic) bond motifs is 1. The Kier molecular flexibility index (Phi) is 5.88. The molecular formula is C22H10BrF5O4. The molecule has 0 saturated carbocycles. The van der Waals surface area contributed by atoms with Crippen LogP contribution in [0.5, 0.6) is 17.2 Å². The zero-order chi connectivity index (χ0) is 23.0. The summed E-state index contributed by atoms with van der Waals surface area (Å²) in [5, 5.41) is 0.123. The molecule has 4 rings (SSSR count). The summed E-state index contributed by atoms with van der Waals surface area (Å²) in [7, 11) is 0. The Morgan fingerprint density at radius 1 is 0.844 bits per heavy atom. The maximum Gasteiger partial charge on any atom is 0.235 e. The van der Waals surface area contributed by atoms with Gasteiger partial charge in [-0.25, -0.2) is 22.0 Å². The first kappa shape index (κ1) is 21.8. The van der Waals surface area contributed by atoms with E-state index in [1.54, 1.807) is 24.3 Å². The van der Waals surface area contributed by atoms with Gasteiger partial charge in [0, 0.05) is 6.07 Å². The van der Waals surface area contributed by atoms with Crippen LogP contribution in [0.15, 0.2) is 62.4 Å². The van der Waals surface area contributed by atoms with Crippen molar-refractivity contribution in [3.63, 3.8) is 0 Å². The summed E-state index contributed by atoms with van der Waals surface area (Å²) in [5.74, 6) is -10.1. The van der Waals surface area contributed by atoms with Crippen LogP contribution in [-0.4, -0.2) is 0 Å². The highest BCUT2D eigenvalue weighted by atomic mass is 79.9. The lowest BCUT2D eigenvalue weighted by molar-refractivity contribution is 0.279. The van der Waals surface area contributed by atoms with E-state index in [0.717, 1.165) is 6.26 Å². The van der Waals surface area contributed by atoms with Gasteiger partial charge in [-0.2, -0.15) is 0 Å². The van der Waals surface area contributed by atoms with Gasteiger partial charge >= 0.3 is 0 Å². The van der Waals surface area contributed by atoms with Gasteiger partial charge in [0.1, 0.15) is 30.0 Å². The highest BCUT2D eigenvalue weighted by Crippen LogP contribution is 2.30. The summed E-state index contributed by atoms with van der Waals surface area (Å²) in [6, 6.07) is 10.7. The Balaban J connectivity index is 1.60. The summed E-state index contributed by atoms with van der Waals surface area (Å²) in [6.07, 6.45) is 1.08. The molecule has 0 spiro atoms. The SMILES string of the molecule is O=c1c(Oc2ccccc2Br)coc2cc(OCc3c(F)c(F)c(F)c(F)c3F)ccc12. The average molecular weight is 513 g/mol. The lowest BCUT2D eigenvalue weighted by atomic mass is 10.1. The smallest absolute Gasteiger partial charge is 0.235 e. The monoisotopic (exact) mass is 512 g/mol. The van der Waals surface area contributed by atoms with Crippen molar-refractivity contribution in [3.8, 4) is 17.2 Å². The Hall–Kier alpha value is -3.40. The molecule has 0 aliphatic carbocycles. The van der Waals surface area contributed by atoms with Crippen LogP contribution in [0.25, 0.3) is 11.0 Å². The molecule has 0 radical (unpaired) electrons. The molecule has 1 heterocycles. The molecule has 4 aromatic rings. The normalized spacial score (nSPS) is 11.1. The fraction of sp³-hybridized carbons (Fsp3) is 0.0455. The van der Waals surface area contributed by atoms with Gasteiger partial charge in [-0.1, -0.05) is 12.1 Å². The molecule has 0 aliphatic rings. The summed E-state index contributed by atoms with van der Waals surface area (Å²) < 4.78 is 84.1. The number of hydrogen-bond donors (Lipinski definition) is 0. The molecule has 0 unspecified atom stereocenters. The first-order valence-corrected chi connectivity index (χ1v) is 9.68. The van der Waals surface area contributed by atoms with Crippen molar-refractivity contribution in [3.05, 3.63) is 98.1 Å². The maximum absolute atomic E-state index is 13.8. The van der Waals surface area contributed by atoms with Crippen LogP contribution in [0.4, 0.5) is 22.0 Å². The number of ether oxygens (including phenoxy) is 2. The molecule has 164 valence electrons. The van der Waals surface area contributed by atoms with Crippen LogP contribution in [-0.2, 0) is 6.61 Å². The molecule has 0 bridgehead atoms. The molecule has 3 aromatic carbocycles. The minimum atomic E-state index is -2.25. The van der Waals surface area contributed by atoms with E-state index in [1.165, 1.54) is 18.2 Å². The fourth-order valence-corrected chi connectivity index (χ4v) is 3.20. The highest BCUT2D eigenvalue weighted by Gasteiger charge is 2.26. The zero-order valence-electron chi connectivity index (χ0n) is 15.7. The van der Waals surface area contributed by atoms with Crippen LogP contribution in [0.2, 0.25) is 0 Å². The van der Waals surface area contributed by atoms with Crippen molar-refractivity contribution in [1.29, 1.82) is 0 Å². The molecule has 0 fully saturated rings. The molecule has 0 amide bonds. The third-order valence-electron chi connectivity index (χ3n) is 4.45. The zero-order valence-corrected chi connectivity index (χ0v) is 17.3. The Bertz CT molecular complexity index is 1370. The molecule has 0 aliphatic heterocycles. The first-order valence-electron chi connectivity index (χ1n) is 8.89. The summed E-state index contributed by atoms with van der Waals surface area (Å²) in [5.41, 5.74) is -1.56. The van der Waals surface area contributed by atoms with Gasteiger partial charge in [0.15, 0.2) is 23.3 Å². The van der Waals surface area contributed by atoms with Gasteiger partial charge < -0.3 is 13.9 Å². The number of benzene rings is 3. The van der Waals surface area contributed by atoms with Crippen LogP contribution in [0.3, 0.4) is 0 Å². The average Bonchev–Trinajstić information content (AvgIpc) is 2.79. The Morgan fingerprint density at radius 3 is 2.19 bits per heavy atom. The number of para-hydroxylation sites is 1. The third-order valence-corrected chi connectivity index (χ3v) is 5.11. The van der Waals surface area contributed by atoms with E-state index in [9.17, 15) is 26.7 Å². The predicted octanol–water partition coefficient (Wildman–Crippen LogP) is 6.62. The summed E-state index contributed by atoms with van der Waals surface area (Å²) in [6.45, 7) is -0.940. The van der Waals surface area contributed by atoms with Crippen LogP contribution in [0, 0.1) is 29.1 Å². The molecule has 0 N–H and O–H groups in total.